The first-order chi connectivity index (χ1) is 12.1. The molecule has 0 aromatic heterocycles. The van der Waals surface area contributed by atoms with Gasteiger partial charge in [-0.25, -0.2) is 9.18 Å². The van der Waals surface area contributed by atoms with Crippen molar-refractivity contribution < 1.29 is 14.0 Å². The Morgan fingerprint density at radius 1 is 0.960 bits per heavy atom. The molecule has 0 atom stereocenters. The van der Waals surface area contributed by atoms with Crippen LogP contribution in [0.4, 0.5) is 14.9 Å². The Morgan fingerprint density at radius 2 is 1.60 bits per heavy atom. The summed E-state index contributed by atoms with van der Waals surface area (Å²) in [4.78, 5) is 26.5. The number of carbonyl (C=O) groups excluding carboxylic acids is 2. The molecule has 25 heavy (non-hydrogen) atoms. The summed E-state index contributed by atoms with van der Waals surface area (Å²) in [5, 5.41) is 5.95. The lowest BCUT2D eigenvalue weighted by molar-refractivity contribution is -0.121. The molecule has 1 aliphatic carbocycles. The van der Waals surface area contributed by atoms with E-state index in [0.29, 0.717) is 37.7 Å². The van der Waals surface area contributed by atoms with E-state index in [-0.39, 0.29) is 23.7 Å². The summed E-state index contributed by atoms with van der Waals surface area (Å²) in [5.41, 5.74) is 0.601. The van der Waals surface area contributed by atoms with E-state index in [2.05, 4.69) is 10.6 Å². The topological polar surface area (TPSA) is 61.4 Å². The molecule has 0 bridgehead atoms. The van der Waals surface area contributed by atoms with Crippen molar-refractivity contribution in [3.05, 3.63) is 30.1 Å². The minimum atomic E-state index is -0.324. The van der Waals surface area contributed by atoms with Gasteiger partial charge in [-0.2, -0.15) is 0 Å². The summed E-state index contributed by atoms with van der Waals surface area (Å²) in [6.45, 7) is 1.19. The smallest absolute Gasteiger partial charge is 0.317 e. The van der Waals surface area contributed by atoms with E-state index in [1.807, 2.05) is 4.90 Å². The lowest BCUT2D eigenvalue weighted by atomic mass is 9.95. The zero-order valence-corrected chi connectivity index (χ0v) is 14.5. The molecule has 1 heterocycles. The quantitative estimate of drug-likeness (QED) is 0.879. The first kappa shape index (κ1) is 17.7. The van der Waals surface area contributed by atoms with E-state index < -0.39 is 0 Å². The third-order valence-electron chi connectivity index (χ3n) is 5.20. The van der Waals surface area contributed by atoms with Gasteiger partial charge in [-0.05, 0) is 49.9 Å². The van der Waals surface area contributed by atoms with Crippen LogP contribution in [0, 0.1) is 11.7 Å². The zero-order chi connectivity index (χ0) is 17.6. The molecule has 2 fully saturated rings. The Hall–Kier alpha value is -2.11. The van der Waals surface area contributed by atoms with Crippen LogP contribution in [0.2, 0.25) is 0 Å². The van der Waals surface area contributed by atoms with E-state index in [0.717, 1.165) is 12.8 Å². The van der Waals surface area contributed by atoms with Gasteiger partial charge >= 0.3 is 6.03 Å². The highest BCUT2D eigenvalue weighted by molar-refractivity contribution is 5.92. The average Bonchev–Trinajstić information content (AvgIpc) is 2.64. The Kier molecular flexibility index (Phi) is 5.89. The Labute approximate surface area is 148 Å². The molecule has 1 aliphatic heterocycles. The molecule has 1 saturated heterocycles. The Balaban J connectivity index is 1.43. The van der Waals surface area contributed by atoms with Crippen LogP contribution >= 0.6 is 0 Å². The molecular weight excluding hydrogens is 321 g/mol. The second kappa shape index (κ2) is 8.32. The molecule has 3 rings (SSSR count). The van der Waals surface area contributed by atoms with Crippen LogP contribution < -0.4 is 10.6 Å². The molecule has 1 aromatic carbocycles. The van der Waals surface area contributed by atoms with E-state index >= 15 is 0 Å². The normalized spacial score (nSPS) is 19.5. The summed E-state index contributed by atoms with van der Waals surface area (Å²) >= 11 is 0. The van der Waals surface area contributed by atoms with Crippen LogP contribution in [0.1, 0.15) is 44.9 Å². The highest BCUT2D eigenvalue weighted by Crippen LogP contribution is 2.21. The van der Waals surface area contributed by atoms with Crippen LogP contribution in [0.25, 0.3) is 0 Å². The standard InChI is InChI=1S/C19H26FN3O2/c20-15-6-8-17(9-7-15)21-18(24)14-10-12-23(13-11-14)19(25)22-16-4-2-1-3-5-16/h6-9,14,16H,1-5,10-13H2,(H,21,24)(H,22,25). The van der Waals surface area contributed by atoms with Gasteiger partial charge in [0, 0.05) is 30.7 Å². The molecule has 0 radical (unpaired) electrons. The van der Waals surface area contributed by atoms with Gasteiger partial charge in [-0.1, -0.05) is 19.3 Å². The molecule has 5 nitrogen and oxygen atoms in total. The van der Waals surface area contributed by atoms with Crippen molar-refractivity contribution in [2.24, 2.45) is 5.92 Å². The number of urea groups is 1. The second-order valence-electron chi connectivity index (χ2n) is 7.04. The van der Waals surface area contributed by atoms with Crippen molar-refractivity contribution in [2.45, 2.75) is 51.0 Å². The summed E-state index contributed by atoms with van der Waals surface area (Å²) < 4.78 is 12.9. The van der Waals surface area contributed by atoms with Crippen LogP contribution in [-0.4, -0.2) is 36.0 Å². The molecule has 1 saturated carbocycles. The predicted octanol–water partition coefficient (Wildman–Crippen LogP) is 3.52. The van der Waals surface area contributed by atoms with Gasteiger partial charge in [0.05, 0.1) is 0 Å². The van der Waals surface area contributed by atoms with Gasteiger partial charge in [-0.3, -0.25) is 4.79 Å². The highest BCUT2D eigenvalue weighted by atomic mass is 19.1. The van der Waals surface area contributed by atoms with Gasteiger partial charge in [0.1, 0.15) is 5.82 Å². The van der Waals surface area contributed by atoms with Gasteiger partial charge < -0.3 is 15.5 Å². The monoisotopic (exact) mass is 347 g/mol. The fraction of sp³-hybridized carbons (Fsp3) is 0.579. The largest absolute Gasteiger partial charge is 0.335 e. The van der Waals surface area contributed by atoms with E-state index in [1.54, 1.807) is 12.1 Å². The molecule has 136 valence electrons. The average molecular weight is 347 g/mol. The maximum absolute atomic E-state index is 12.9. The second-order valence-corrected chi connectivity index (χ2v) is 7.04. The molecule has 0 unspecified atom stereocenters. The fourth-order valence-electron chi connectivity index (χ4n) is 3.64. The van der Waals surface area contributed by atoms with E-state index in [4.69, 9.17) is 0 Å². The van der Waals surface area contributed by atoms with Crippen LogP contribution in [0.5, 0.6) is 0 Å². The summed E-state index contributed by atoms with van der Waals surface area (Å²) in [6.07, 6.45) is 7.11. The minimum Gasteiger partial charge on any atom is -0.335 e. The first-order valence-corrected chi connectivity index (χ1v) is 9.24. The SMILES string of the molecule is O=C(Nc1ccc(F)cc1)C1CCN(C(=O)NC2CCCCC2)CC1. The number of piperidine rings is 1. The number of nitrogens with zero attached hydrogens (tertiary/aromatic N) is 1. The third kappa shape index (κ3) is 4.94. The molecule has 2 N–H and O–H groups in total. The van der Waals surface area contributed by atoms with Crippen molar-refractivity contribution in [3.8, 4) is 0 Å². The number of hydrogen-bond donors (Lipinski definition) is 2. The van der Waals surface area contributed by atoms with Crippen LogP contribution in [0.15, 0.2) is 24.3 Å². The number of amides is 3. The van der Waals surface area contributed by atoms with Crippen molar-refractivity contribution in [2.75, 3.05) is 18.4 Å². The maximum Gasteiger partial charge on any atom is 0.317 e. The zero-order valence-electron chi connectivity index (χ0n) is 14.5. The minimum absolute atomic E-state index is 0.00397. The number of nitrogens with one attached hydrogen (secondary N) is 2. The van der Waals surface area contributed by atoms with Gasteiger partial charge in [0.2, 0.25) is 5.91 Å². The van der Waals surface area contributed by atoms with Crippen LogP contribution in [-0.2, 0) is 4.79 Å². The predicted molar refractivity (Wildman–Crippen MR) is 94.7 cm³/mol. The van der Waals surface area contributed by atoms with Gasteiger partial charge in [0.25, 0.3) is 0 Å². The van der Waals surface area contributed by atoms with Gasteiger partial charge in [0.15, 0.2) is 0 Å². The van der Waals surface area contributed by atoms with Crippen molar-refractivity contribution in [1.82, 2.24) is 10.2 Å². The molecule has 0 spiro atoms. The summed E-state index contributed by atoms with van der Waals surface area (Å²) in [5.74, 6) is -0.488. The van der Waals surface area contributed by atoms with Crippen molar-refractivity contribution >= 4 is 17.6 Å². The highest BCUT2D eigenvalue weighted by Gasteiger charge is 2.28. The van der Waals surface area contributed by atoms with Crippen molar-refractivity contribution in [3.63, 3.8) is 0 Å². The number of halogens is 1. The third-order valence-corrected chi connectivity index (χ3v) is 5.20. The molecule has 1 aromatic rings. The molecule has 2 aliphatic rings. The fourth-order valence-corrected chi connectivity index (χ4v) is 3.64. The van der Waals surface area contributed by atoms with Crippen LogP contribution in [0.3, 0.4) is 0 Å². The van der Waals surface area contributed by atoms with E-state index in [9.17, 15) is 14.0 Å². The number of anilines is 1. The molecular formula is C19H26FN3O2. The Morgan fingerprint density at radius 3 is 2.24 bits per heavy atom. The molecule has 3 amide bonds. The number of carbonyl (C=O) groups is 2. The van der Waals surface area contributed by atoms with E-state index in [1.165, 1.54) is 31.4 Å². The summed E-state index contributed by atoms with van der Waals surface area (Å²) in [7, 11) is 0. The lowest BCUT2D eigenvalue weighted by Gasteiger charge is -2.33. The first-order valence-electron chi connectivity index (χ1n) is 9.24. The summed E-state index contributed by atoms with van der Waals surface area (Å²) in [6, 6.07) is 6.08. The van der Waals surface area contributed by atoms with Gasteiger partial charge in [-0.15, -0.1) is 0 Å². The number of hydrogen-bond acceptors (Lipinski definition) is 2. The Bertz CT molecular complexity index is 591. The molecule has 6 heteroatoms. The number of likely N-dealkylation sites (tertiary alicyclic amines) is 1. The maximum atomic E-state index is 12.9. The number of benzene rings is 1. The van der Waals surface area contributed by atoms with Crippen molar-refractivity contribution in [1.29, 1.82) is 0 Å². The number of rotatable bonds is 3. The lowest BCUT2D eigenvalue weighted by Crippen LogP contribution is -2.49.